The highest BCUT2D eigenvalue weighted by molar-refractivity contribution is 5.61. The smallest absolute Gasteiger partial charge is 0.350 e. The molecule has 0 aliphatic carbocycles. The molecule has 23 heavy (non-hydrogen) atoms. The molecule has 2 rings (SSSR count). The largest absolute Gasteiger partial charge is 1.00 e. The van der Waals surface area contributed by atoms with Crippen LogP contribution in [-0.2, 0) is 7.05 Å². The van der Waals surface area contributed by atoms with Gasteiger partial charge in [0.15, 0.2) is 5.75 Å². The summed E-state index contributed by atoms with van der Waals surface area (Å²) in [4.78, 5) is 10.5. The zero-order valence-electron chi connectivity index (χ0n) is 13.0. The van der Waals surface area contributed by atoms with E-state index in [0.717, 1.165) is 10.6 Å². The van der Waals surface area contributed by atoms with E-state index < -0.39 is 6.09 Å². The van der Waals surface area contributed by atoms with Crippen LogP contribution in [0.2, 0.25) is 0 Å². The van der Waals surface area contributed by atoms with Crippen molar-refractivity contribution in [2.24, 2.45) is 17.3 Å². The topological polar surface area (TPSA) is 92.2 Å². The Balaban J connectivity index is 0.000000599. The third kappa shape index (κ3) is 7.91. The summed E-state index contributed by atoms with van der Waals surface area (Å²) >= 11 is 0. The van der Waals surface area contributed by atoms with Gasteiger partial charge in [0.05, 0.1) is 12.2 Å². The number of aryl methyl sites for hydroxylation is 1. The summed E-state index contributed by atoms with van der Waals surface area (Å²) in [6.45, 7) is 0. The number of amides is 1. The van der Waals surface area contributed by atoms with Crippen LogP contribution in [0.5, 0.6) is 5.75 Å². The molecule has 0 fully saturated rings. The maximum atomic E-state index is 9.51. The van der Waals surface area contributed by atoms with E-state index in [2.05, 4.69) is 10.2 Å². The van der Waals surface area contributed by atoms with Crippen molar-refractivity contribution in [1.82, 2.24) is 4.90 Å². The molecule has 1 N–H and O–H groups in total. The molecule has 1 heterocycles. The molecule has 0 radical (unpaired) electrons. The van der Waals surface area contributed by atoms with Crippen LogP contribution in [0.15, 0.2) is 58.9 Å². The first-order valence-corrected chi connectivity index (χ1v) is 6.44. The van der Waals surface area contributed by atoms with Crippen LogP contribution in [0.25, 0.3) is 0 Å². The van der Waals surface area contributed by atoms with Gasteiger partial charge >= 0.3 is 5.82 Å². The third-order valence-electron chi connectivity index (χ3n) is 2.48. The number of azo groups is 1. The minimum Gasteiger partial charge on any atom is -1.00 e. The van der Waals surface area contributed by atoms with Crippen LogP contribution in [-0.4, -0.2) is 30.2 Å². The van der Waals surface area contributed by atoms with E-state index in [0.29, 0.717) is 5.82 Å². The van der Waals surface area contributed by atoms with Crippen LogP contribution < -0.4 is 26.7 Å². The fraction of sp³-hybridized carbons (Fsp3) is 0.200. The zero-order chi connectivity index (χ0) is 16.5. The average Bonchev–Trinajstić information content (AvgIpc) is 2.48. The van der Waals surface area contributed by atoms with Crippen LogP contribution >= 0.6 is 0 Å². The van der Waals surface area contributed by atoms with E-state index in [1.165, 1.54) is 14.1 Å². The van der Waals surface area contributed by atoms with Gasteiger partial charge in [-0.3, -0.25) is 0 Å². The highest BCUT2D eigenvalue weighted by Gasteiger charge is 2.06. The van der Waals surface area contributed by atoms with Gasteiger partial charge in [0, 0.05) is 20.2 Å². The number of aromatic nitrogens is 1. The number of hydrogen-bond acceptors (Lipinski definition) is 5. The lowest BCUT2D eigenvalue weighted by molar-refractivity contribution is -0.659. The molecule has 0 aliphatic heterocycles. The molecule has 1 aromatic heterocycles. The van der Waals surface area contributed by atoms with Crippen LogP contribution in [0.1, 0.15) is 0 Å². The van der Waals surface area contributed by atoms with E-state index in [4.69, 9.17) is 0 Å². The Morgan fingerprint density at radius 2 is 1.70 bits per heavy atom. The number of carbonyl (C=O) groups is 1. The monoisotopic (exact) mass is 381 g/mol. The van der Waals surface area contributed by atoms with Crippen LogP contribution in [0, 0.1) is 0 Å². The summed E-state index contributed by atoms with van der Waals surface area (Å²) in [7, 11) is 4.63. The lowest BCUT2D eigenvalue weighted by Gasteiger charge is -2.10. The molecular formula is C15H18BrN4O3-. The first kappa shape index (κ1) is 20.5. The van der Waals surface area contributed by atoms with E-state index in [1.807, 2.05) is 30.3 Å². The van der Waals surface area contributed by atoms with Gasteiger partial charge < -0.3 is 36.9 Å². The molecule has 0 saturated carbocycles. The molecule has 8 heteroatoms. The first-order valence-electron chi connectivity index (χ1n) is 6.44. The second-order valence-electron chi connectivity index (χ2n) is 4.55. The Morgan fingerprint density at radius 1 is 1.13 bits per heavy atom. The predicted molar refractivity (Wildman–Crippen MR) is 79.0 cm³/mol. The lowest BCUT2D eigenvalue weighted by atomic mass is 10.3. The molecule has 0 aliphatic rings. The number of nitrogens with zero attached hydrogens (tertiary/aromatic N) is 4. The van der Waals surface area contributed by atoms with Crippen LogP contribution in [0.3, 0.4) is 0 Å². The van der Waals surface area contributed by atoms with Crippen LogP contribution in [0.4, 0.5) is 16.3 Å². The summed E-state index contributed by atoms with van der Waals surface area (Å²) in [5.41, 5.74) is 0.801. The Kier molecular flexibility index (Phi) is 9.17. The van der Waals surface area contributed by atoms with Crippen molar-refractivity contribution in [3.05, 3.63) is 48.7 Å². The molecule has 2 aromatic rings. The molecule has 0 spiro atoms. The van der Waals surface area contributed by atoms with Crippen molar-refractivity contribution in [3.8, 4) is 5.75 Å². The van der Waals surface area contributed by atoms with Crippen molar-refractivity contribution >= 4 is 17.6 Å². The standard InChI is InChI=1S/C12H11N3O.C3H7NO2.BrH/c1-15-9-11(16)7-8-12(15)14-13-10-5-3-2-4-6-10;1-4(2)3(5)6;/h2-9H,1H3;1-2H3,(H,5,6);1H/p-1. The third-order valence-corrected chi connectivity index (χ3v) is 2.48. The van der Waals surface area contributed by atoms with E-state index in [9.17, 15) is 15.0 Å². The summed E-state index contributed by atoms with van der Waals surface area (Å²) in [5.74, 6) is 0.891. The quantitative estimate of drug-likeness (QED) is 0.508. The van der Waals surface area contributed by atoms with Gasteiger partial charge in [0.1, 0.15) is 18.0 Å². The van der Waals surface area contributed by atoms with Gasteiger partial charge in [-0.05, 0) is 23.3 Å². The minimum atomic E-state index is -1.16. The summed E-state index contributed by atoms with van der Waals surface area (Å²) in [6, 6.07) is 12.8. The number of aromatic hydroxyl groups is 1. The summed E-state index contributed by atoms with van der Waals surface area (Å²) in [5, 5.41) is 26.9. The second kappa shape index (κ2) is 10.3. The Morgan fingerprint density at radius 3 is 2.17 bits per heavy atom. The molecule has 124 valence electrons. The van der Waals surface area contributed by atoms with Gasteiger partial charge in [0.25, 0.3) is 0 Å². The first-order chi connectivity index (χ1) is 10.4. The number of carboxylic acid groups (broad SMARTS) is 1. The highest BCUT2D eigenvalue weighted by Crippen LogP contribution is 2.15. The maximum absolute atomic E-state index is 9.51. The van der Waals surface area contributed by atoms with Gasteiger partial charge in [-0.1, -0.05) is 18.2 Å². The molecule has 0 unspecified atom stereocenters. The Hall–Kier alpha value is -2.48. The Labute approximate surface area is 145 Å². The van der Waals surface area contributed by atoms with Crippen molar-refractivity contribution in [3.63, 3.8) is 0 Å². The van der Waals surface area contributed by atoms with Crippen molar-refractivity contribution in [1.29, 1.82) is 0 Å². The minimum absolute atomic E-state index is 0. The Bertz CT molecular complexity index is 648. The molecule has 1 amide bonds. The fourth-order valence-corrected chi connectivity index (χ4v) is 1.29. The van der Waals surface area contributed by atoms with Gasteiger partial charge in [-0.25, -0.2) is 4.57 Å². The molecule has 0 saturated heterocycles. The molecule has 0 atom stereocenters. The number of rotatable bonds is 2. The highest BCUT2D eigenvalue weighted by atomic mass is 79.9. The van der Waals surface area contributed by atoms with E-state index in [-0.39, 0.29) is 22.7 Å². The lowest BCUT2D eigenvalue weighted by Crippen LogP contribution is -3.00. The maximum Gasteiger partial charge on any atom is 0.350 e. The molecular weight excluding hydrogens is 364 g/mol. The average molecular weight is 382 g/mol. The van der Waals surface area contributed by atoms with Crippen molar-refractivity contribution < 1.29 is 36.6 Å². The number of benzene rings is 1. The molecule has 1 aromatic carbocycles. The SMILES string of the molecule is CN(C)C(=O)[O-].C[n+]1cc(O)ccc1N=Nc1ccccc1.[Br-]. The molecule has 7 nitrogen and oxygen atoms in total. The van der Waals surface area contributed by atoms with Gasteiger partial charge in [-0.2, -0.15) is 0 Å². The number of carbonyl (C=O) groups excluding carboxylic acids is 1. The fourth-order valence-electron chi connectivity index (χ4n) is 1.29. The molecule has 0 bridgehead atoms. The summed E-state index contributed by atoms with van der Waals surface area (Å²) < 4.78 is 1.71. The number of pyridine rings is 1. The zero-order valence-corrected chi connectivity index (χ0v) is 14.6. The van der Waals surface area contributed by atoms with E-state index >= 15 is 0 Å². The normalized spacial score (nSPS) is 9.52. The van der Waals surface area contributed by atoms with Crippen molar-refractivity contribution in [2.45, 2.75) is 0 Å². The summed E-state index contributed by atoms with van der Waals surface area (Å²) in [6.07, 6.45) is 0.425. The second-order valence-corrected chi connectivity index (χ2v) is 4.55. The predicted octanol–water partition coefficient (Wildman–Crippen LogP) is -1.47. The van der Waals surface area contributed by atoms with Gasteiger partial charge in [-0.15, -0.1) is 0 Å². The number of halogens is 1. The van der Waals surface area contributed by atoms with Crippen molar-refractivity contribution in [2.75, 3.05) is 14.1 Å². The number of hydrogen-bond donors (Lipinski definition) is 1. The van der Waals surface area contributed by atoms with E-state index in [1.54, 1.807) is 29.9 Å². The van der Waals surface area contributed by atoms with Gasteiger partial charge in [0.2, 0.25) is 0 Å².